The maximum Gasteiger partial charge on any atom is 0.222 e. The van der Waals surface area contributed by atoms with Crippen molar-refractivity contribution in [1.82, 2.24) is 10.6 Å². The highest BCUT2D eigenvalue weighted by Gasteiger charge is 2.17. The van der Waals surface area contributed by atoms with Crippen LogP contribution in [0.2, 0.25) is 0 Å². The van der Waals surface area contributed by atoms with Crippen LogP contribution in [0.3, 0.4) is 0 Å². The average molecular weight is 514 g/mol. The van der Waals surface area contributed by atoms with Crippen LogP contribution in [0.4, 0.5) is 4.39 Å². The molecule has 1 aromatic carbocycles. The molecule has 1 amide bonds. The topological polar surface area (TPSA) is 114 Å². The number of hydrogen-bond donors (Lipinski definition) is 3. The summed E-state index contributed by atoms with van der Waals surface area (Å²) < 4.78 is 35.4. The van der Waals surface area contributed by atoms with Crippen LogP contribution in [0.15, 0.2) is 29.3 Å². The maximum absolute atomic E-state index is 13.0. The number of amides is 1. The first-order chi connectivity index (χ1) is 12.1. The molecule has 2 atom stereocenters. The molecule has 4 N–H and O–H groups in total. The van der Waals surface area contributed by atoms with Gasteiger partial charge < -0.3 is 16.4 Å². The van der Waals surface area contributed by atoms with Crippen LogP contribution < -0.4 is 16.4 Å². The lowest BCUT2D eigenvalue weighted by atomic mass is 9.98. The van der Waals surface area contributed by atoms with Gasteiger partial charge in [0.1, 0.15) is 15.7 Å². The standard InChI is InChI=1S/C17H27FN4O3S.HI/c1-12(8-9-26(3,24)25)22-17(20-2)21-11-14(16(19)23)10-13-4-6-15(18)7-5-13;/h4-7,12,14H,8-11H2,1-3H3,(H2,19,23)(H2,20,21,22);1H. The third kappa shape index (κ3) is 11.1. The Hall–Kier alpha value is -1.43. The van der Waals surface area contributed by atoms with E-state index in [1.165, 1.54) is 18.4 Å². The molecule has 0 aliphatic rings. The largest absolute Gasteiger partial charge is 0.369 e. The van der Waals surface area contributed by atoms with Gasteiger partial charge in [-0.15, -0.1) is 24.0 Å². The van der Waals surface area contributed by atoms with Gasteiger partial charge in [0, 0.05) is 25.9 Å². The number of carbonyl (C=O) groups is 1. The van der Waals surface area contributed by atoms with Gasteiger partial charge in [0.05, 0.1) is 11.7 Å². The van der Waals surface area contributed by atoms with Crippen molar-refractivity contribution in [3.05, 3.63) is 35.6 Å². The first-order valence-electron chi connectivity index (χ1n) is 8.29. The van der Waals surface area contributed by atoms with Gasteiger partial charge in [-0.2, -0.15) is 0 Å². The minimum Gasteiger partial charge on any atom is -0.369 e. The number of nitrogens with zero attached hydrogens (tertiary/aromatic N) is 1. The molecule has 27 heavy (non-hydrogen) atoms. The molecule has 0 aromatic heterocycles. The first kappa shape index (κ1) is 25.6. The van der Waals surface area contributed by atoms with Crippen molar-refractivity contribution in [1.29, 1.82) is 0 Å². The Morgan fingerprint density at radius 1 is 1.30 bits per heavy atom. The number of carbonyl (C=O) groups excluding carboxylic acids is 1. The summed E-state index contributed by atoms with van der Waals surface area (Å²) in [5.74, 6) is -0.772. The fraction of sp³-hybridized carbons (Fsp3) is 0.529. The van der Waals surface area contributed by atoms with Crippen LogP contribution >= 0.6 is 24.0 Å². The van der Waals surface area contributed by atoms with E-state index in [4.69, 9.17) is 5.73 Å². The second-order valence-electron chi connectivity index (χ2n) is 6.35. The molecule has 0 heterocycles. The van der Waals surface area contributed by atoms with Crippen LogP contribution in [0.1, 0.15) is 18.9 Å². The molecule has 0 bridgehead atoms. The van der Waals surface area contributed by atoms with E-state index in [-0.39, 0.29) is 48.1 Å². The molecule has 10 heteroatoms. The van der Waals surface area contributed by atoms with E-state index in [1.807, 2.05) is 6.92 Å². The molecule has 0 aliphatic carbocycles. The predicted octanol–water partition coefficient (Wildman–Crippen LogP) is 1.08. The Bertz CT molecular complexity index is 726. The molecule has 2 unspecified atom stereocenters. The van der Waals surface area contributed by atoms with Crippen molar-refractivity contribution >= 4 is 45.7 Å². The lowest BCUT2D eigenvalue weighted by molar-refractivity contribution is -0.121. The van der Waals surface area contributed by atoms with E-state index in [0.717, 1.165) is 5.56 Å². The fourth-order valence-corrected chi connectivity index (χ4v) is 3.07. The highest BCUT2D eigenvalue weighted by molar-refractivity contribution is 14.0. The van der Waals surface area contributed by atoms with Gasteiger partial charge in [-0.25, -0.2) is 12.8 Å². The lowest BCUT2D eigenvalue weighted by Crippen LogP contribution is -2.46. The predicted molar refractivity (Wildman–Crippen MR) is 116 cm³/mol. The van der Waals surface area contributed by atoms with Gasteiger partial charge in [0.25, 0.3) is 0 Å². The number of nitrogens with two attached hydrogens (primary N) is 1. The van der Waals surface area contributed by atoms with Crippen molar-refractivity contribution in [3.63, 3.8) is 0 Å². The summed E-state index contributed by atoms with van der Waals surface area (Å²) in [4.78, 5) is 15.8. The molecular formula is C17H28FIN4O3S. The summed E-state index contributed by atoms with van der Waals surface area (Å²) in [6.45, 7) is 2.10. The zero-order chi connectivity index (χ0) is 19.7. The molecule has 1 aromatic rings. The third-order valence-electron chi connectivity index (χ3n) is 3.84. The molecule has 0 spiro atoms. The van der Waals surface area contributed by atoms with E-state index in [9.17, 15) is 17.6 Å². The quantitative estimate of drug-likeness (QED) is 0.259. The Kier molecular flexibility index (Phi) is 11.5. The summed E-state index contributed by atoms with van der Waals surface area (Å²) in [5, 5.41) is 6.10. The lowest BCUT2D eigenvalue weighted by Gasteiger charge is -2.20. The molecule has 0 radical (unpaired) electrons. The third-order valence-corrected chi connectivity index (χ3v) is 4.82. The van der Waals surface area contributed by atoms with Crippen molar-refractivity contribution in [2.24, 2.45) is 16.6 Å². The van der Waals surface area contributed by atoms with Crippen molar-refractivity contribution in [2.45, 2.75) is 25.8 Å². The molecule has 0 aliphatic heterocycles. The summed E-state index contributed by atoms with van der Waals surface area (Å²) in [5.41, 5.74) is 6.27. The normalized spacial score (nSPS) is 14.0. The van der Waals surface area contributed by atoms with Gasteiger partial charge in [-0.3, -0.25) is 9.79 Å². The first-order valence-corrected chi connectivity index (χ1v) is 10.4. The Morgan fingerprint density at radius 3 is 2.37 bits per heavy atom. The monoisotopic (exact) mass is 514 g/mol. The van der Waals surface area contributed by atoms with Gasteiger partial charge in [-0.05, 0) is 37.5 Å². The SMILES string of the molecule is CN=C(NCC(Cc1ccc(F)cc1)C(N)=O)NC(C)CCS(C)(=O)=O.I. The van der Waals surface area contributed by atoms with Crippen molar-refractivity contribution < 1.29 is 17.6 Å². The van der Waals surface area contributed by atoms with Gasteiger partial charge >= 0.3 is 0 Å². The van der Waals surface area contributed by atoms with E-state index in [0.29, 0.717) is 18.8 Å². The highest BCUT2D eigenvalue weighted by atomic mass is 127. The van der Waals surface area contributed by atoms with Crippen LogP contribution in [-0.2, 0) is 21.1 Å². The minimum absolute atomic E-state index is 0. The highest BCUT2D eigenvalue weighted by Crippen LogP contribution is 2.09. The molecule has 0 fully saturated rings. The molecular weight excluding hydrogens is 486 g/mol. The van der Waals surface area contributed by atoms with Gasteiger partial charge in [0.15, 0.2) is 5.96 Å². The minimum atomic E-state index is -3.02. The number of hydrogen-bond acceptors (Lipinski definition) is 4. The van der Waals surface area contributed by atoms with Gasteiger partial charge in [-0.1, -0.05) is 12.1 Å². The van der Waals surface area contributed by atoms with Crippen LogP contribution in [0.25, 0.3) is 0 Å². The number of guanidine groups is 1. The van der Waals surface area contributed by atoms with E-state index < -0.39 is 21.7 Å². The molecule has 7 nitrogen and oxygen atoms in total. The molecule has 0 saturated heterocycles. The van der Waals surface area contributed by atoms with E-state index >= 15 is 0 Å². The number of sulfone groups is 1. The zero-order valence-electron chi connectivity index (χ0n) is 15.7. The van der Waals surface area contributed by atoms with E-state index in [2.05, 4.69) is 15.6 Å². The second-order valence-corrected chi connectivity index (χ2v) is 8.61. The summed E-state index contributed by atoms with van der Waals surface area (Å²) in [6, 6.07) is 5.80. The van der Waals surface area contributed by atoms with Crippen LogP contribution in [-0.4, -0.2) is 51.9 Å². The van der Waals surface area contributed by atoms with Crippen LogP contribution in [0, 0.1) is 11.7 Å². The number of primary amides is 1. The van der Waals surface area contributed by atoms with E-state index in [1.54, 1.807) is 19.2 Å². The zero-order valence-corrected chi connectivity index (χ0v) is 18.9. The second kappa shape index (κ2) is 12.1. The number of aliphatic imine (C=N–C) groups is 1. The van der Waals surface area contributed by atoms with Crippen LogP contribution in [0.5, 0.6) is 0 Å². The fourth-order valence-electron chi connectivity index (χ4n) is 2.29. The average Bonchev–Trinajstić information content (AvgIpc) is 2.56. The Labute approximate surface area is 177 Å². The molecule has 0 saturated carbocycles. The molecule has 154 valence electrons. The smallest absolute Gasteiger partial charge is 0.222 e. The Balaban J connectivity index is 0.00000676. The Morgan fingerprint density at radius 2 is 1.89 bits per heavy atom. The summed E-state index contributed by atoms with van der Waals surface area (Å²) in [7, 11) is -1.44. The van der Waals surface area contributed by atoms with Crippen molar-refractivity contribution in [3.8, 4) is 0 Å². The van der Waals surface area contributed by atoms with Crippen molar-refractivity contribution in [2.75, 3.05) is 25.6 Å². The molecule has 1 rings (SSSR count). The number of nitrogens with one attached hydrogen (secondary N) is 2. The summed E-state index contributed by atoms with van der Waals surface area (Å²) in [6.07, 6.45) is 2.01. The van der Waals surface area contributed by atoms with Gasteiger partial charge in [0.2, 0.25) is 5.91 Å². The number of benzene rings is 1. The summed E-state index contributed by atoms with van der Waals surface area (Å²) >= 11 is 0. The maximum atomic E-state index is 13.0. The number of halogens is 2. The number of rotatable bonds is 9.